The summed E-state index contributed by atoms with van der Waals surface area (Å²) in [5.74, 6) is 0. The fraction of sp³-hybridized carbons (Fsp3) is 0.600. The Balaban J connectivity index is 3.71. The van der Waals surface area contributed by atoms with Crippen LogP contribution in [0.15, 0.2) is 12.0 Å². The van der Waals surface area contributed by atoms with Crippen molar-refractivity contribution in [3.8, 4) is 0 Å². The summed E-state index contributed by atoms with van der Waals surface area (Å²) in [6.07, 6.45) is 0. The third-order valence-corrected chi connectivity index (χ3v) is 3.80. The van der Waals surface area contributed by atoms with Crippen molar-refractivity contribution in [2.75, 3.05) is 13.3 Å². The van der Waals surface area contributed by atoms with Gasteiger partial charge in [-0.25, -0.2) is 0 Å². The van der Waals surface area contributed by atoms with Gasteiger partial charge in [-0.15, -0.1) is 0 Å². The van der Waals surface area contributed by atoms with Gasteiger partial charge in [0, 0.05) is 6.66 Å². The maximum Gasteiger partial charge on any atom is 0.258 e. The van der Waals surface area contributed by atoms with Gasteiger partial charge >= 0.3 is 0 Å². The highest BCUT2D eigenvalue weighted by atomic mass is 32.7. The first-order valence-electron chi connectivity index (χ1n) is 2.63. The lowest BCUT2D eigenvalue weighted by molar-refractivity contribution is 0.350. The second-order valence-corrected chi connectivity index (χ2v) is 6.43. The lowest BCUT2D eigenvalue weighted by Crippen LogP contribution is -1.81. The minimum Gasteiger partial charge on any atom is -0.321 e. The van der Waals surface area contributed by atoms with E-state index in [9.17, 15) is 4.57 Å². The molecule has 9 heavy (non-hydrogen) atoms. The number of hydrogen-bond acceptors (Lipinski definition) is 3. The fourth-order valence-corrected chi connectivity index (χ4v) is 2.51. The van der Waals surface area contributed by atoms with Crippen molar-refractivity contribution >= 4 is 18.0 Å². The monoisotopic (exact) mass is 166 g/mol. The molecule has 1 atom stereocenters. The van der Waals surface area contributed by atoms with Gasteiger partial charge in [-0.2, -0.15) is 0 Å². The molecule has 0 rings (SSSR count). The maximum absolute atomic E-state index is 11.1. The van der Waals surface area contributed by atoms with Gasteiger partial charge in [0.1, 0.15) is 0 Å². The first-order chi connectivity index (χ1) is 4.12. The molecular formula is C5H11O2PS. The zero-order valence-electron chi connectivity index (χ0n) is 5.66. The Morgan fingerprint density at radius 1 is 1.89 bits per heavy atom. The average molecular weight is 166 g/mol. The Kier molecular flexibility index (Phi) is 4.28. The Labute approximate surface area is 59.9 Å². The van der Waals surface area contributed by atoms with Crippen LogP contribution in [0, 0.1) is 0 Å². The summed E-state index contributed by atoms with van der Waals surface area (Å²) < 4.78 is 16.0. The summed E-state index contributed by atoms with van der Waals surface area (Å²) in [7, 11) is 0. The van der Waals surface area contributed by atoms with Crippen LogP contribution < -0.4 is 0 Å². The van der Waals surface area contributed by atoms with Gasteiger partial charge in [-0.05, 0) is 23.7 Å². The molecule has 0 aromatic rings. The predicted octanol–water partition coefficient (Wildman–Crippen LogP) is 2.72. The highest BCUT2D eigenvalue weighted by Gasteiger charge is 2.12. The highest BCUT2D eigenvalue weighted by Crippen LogP contribution is 2.56. The molecule has 0 saturated heterocycles. The van der Waals surface area contributed by atoms with Crippen LogP contribution in [0.3, 0.4) is 0 Å². The summed E-state index contributed by atoms with van der Waals surface area (Å²) in [5, 5.41) is 1.54. The zero-order chi connectivity index (χ0) is 7.33. The van der Waals surface area contributed by atoms with Gasteiger partial charge in [0.2, 0.25) is 0 Å². The van der Waals surface area contributed by atoms with Crippen molar-refractivity contribution in [3.05, 3.63) is 12.0 Å². The van der Waals surface area contributed by atoms with Gasteiger partial charge in [0.15, 0.2) is 0 Å². The zero-order valence-corrected chi connectivity index (χ0v) is 7.37. The van der Waals surface area contributed by atoms with Crippen molar-refractivity contribution in [1.29, 1.82) is 0 Å². The summed E-state index contributed by atoms with van der Waals surface area (Å²) in [4.78, 5) is 0. The quantitative estimate of drug-likeness (QED) is 0.600. The fourth-order valence-electron chi connectivity index (χ4n) is 0.400. The van der Waals surface area contributed by atoms with Crippen molar-refractivity contribution in [2.24, 2.45) is 0 Å². The van der Waals surface area contributed by atoms with E-state index in [1.807, 2.05) is 6.92 Å². The molecule has 0 radical (unpaired) electrons. The molecule has 0 spiro atoms. The van der Waals surface area contributed by atoms with E-state index in [1.54, 1.807) is 6.66 Å². The molecule has 0 aromatic carbocycles. The normalized spacial score (nSPS) is 16.7. The van der Waals surface area contributed by atoms with Crippen LogP contribution in [0.2, 0.25) is 0 Å². The molecule has 0 amide bonds. The predicted molar refractivity (Wildman–Crippen MR) is 42.9 cm³/mol. The third-order valence-electron chi connectivity index (χ3n) is 0.630. The van der Waals surface area contributed by atoms with Crippen molar-refractivity contribution in [1.82, 2.24) is 0 Å². The topological polar surface area (TPSA) is 26.3 Å². The van der Waals surface area contributed by atoms with Gasteiger partial charge in [0.05, 0.1) is 6.61 Å². The van der Waals surface area contributed by atoms with E-state index in [-0.39, 0.29) is 0 Å². The molecule has 0 aliphatic rings. The molecule has 4 heteroatoms. The Morgan fingerprint density at radius 2 is 2.44 bits per heavy atom. The van der Waals surface area contributed by atoms with Gasteiger partial charge in [0.25, 0.3) is 6.57 Å². The van der Waals surface area contributed by atoms with E-state index in [2.05, 4.69) is 6.58 Å². The van der Waals surface area contributed by atoms with Gasteiger partial charge in [-0.3, -0.25) is 4.57 Å². The highest BCUT2D eigenvalue weighted by molar-refractivity contribution is 8.57. The van der Waals surface area contributed by atoms with Gasteiger partial charge in [-0.1, -0.05) is 6.58 Å². The second kappa shape index (κ2) is 4.15. The number of hydrogen-bond donors (Lipinski definition) is 0. The molecule has 0 N–H and O–H groups in total. The van der Waals surface area contributed by atoms with Crippen molar-refractivity contribution in [3.63, 3.8) is 0 Å². The molecule has 0 aliphatic carbocycles. The Bertz CT molecular complexity index is 135. The van der Waals surface area contributed by atoms with Crippen LogP contribution in [0.25, 0.3) is 0 Å². The number of rotatable bonds is 4. The minimum atomic E-state index is -2.39. The Morgan fingerprint density at radius 3 is 2.78 bits per heavy atom. The average Bonchev–Trinajstić information content (AvgIpc) is 1.64. The van der Waals surface area contributed by atoms with E-state index in [0.717, 1.165) is 11.4 Å². The maximum atomic E-state index is 11.1. The molecular weight excluding hydrogens is 155 g/mol. The third kappa shape index (κ3) is 4.76. The molecule has 54 valence electrons. The molecule has 0 fully saturated rings. The summed E-state index contributed by atoms with van der Waals surface area (Å²) >= 11 is 1.16. The second-order valence-electron chi connectivity index (χ2n) is 1.46. The van der Waals surface area contributed by atoms with Crippen LogP contribution in [0.1, 0.15) is 6.92 Å². The molecule has 0 aromatic heterocycles. The molecule has 0 saturated carbocycles. The Hall–Kier alpha value is 0.280. The van der Waals surface area contributed by atoms with Crippen LogP contribution >= 0.6 is 18.0 Å². The van der Waals surface area contributed by atoms with E-state index >= 15 is 0 Å². The lowest BCUT2D eigenvalue weighted by atomic mass is 10.9. The smallest absolute Gasteiger partial charge is 0.258 e. The molecule has 0 bridgehead atoms. The summed E-state index contributed by atoms with van der Waals surface area (Å²) in [5.41, 5.74) is 0. The van der Waals surface area contributed by atoms with Crippen LogP contribution in [0.4, 0.5) is 0 Å². The minimum absolute atomic E-state index is 0.495. The van der Waals surface area contributed by atoms with Gasteiger partial charge < -0.3 is 4.52 Å². The first kappa shape index (κ1) is 9.28. The van der Waals surface area contributed by atoms with Crippen LogP contribution in [-0.4, -0.2) is 13.3 Å². The molecule has 2 nitrogen and oxygen atoms in total. The molecule has 0 aliphatic heterocycles. The van der Waals surface area contributed by atoms with E-state index in [0.29, 0.717) is 6.61 Å². The van der Waals surface area contributed by atoms with Crippen molar-refractivity contribution < 1.29 is 9.09 Å². The summed E-state index contributed by atoms with van der Waals surface area (Å²) in [6.45, 7) is 4.95. The van der Waals surface area contributed by atoms with E-state index in [1.165, 1.54) is 5.41 Å². The summed E-state index contributed by atoms with van der Waals surface area (Å²) in [6, 6.07) is 0. The van der Waals surface area contributed by atoms with E-state index in [4.69, 9.17) is 4.52 Å². The molecule has 1 unspecified atom stereocenters. The van der Waals surface area contributed by atoms with Crippen molar-refractivity contribution in [2.45, 2.75) is 6.92 Å². The molecule has 0 heterocycles. The lowest BCUT2D eigenvalue weighted by Gasteiger charge is -2.07. The standard InChI is InChI=1S/C5H11O2PS/c1-4-7-8(3,6)9-5-2/h5H,2,4H2,1,3H3. The van der Waals surface area contributed by atoms with E-state index < -0.39 is 6.57 Å². The van der Waals surface area contributed by atoms with Crippen LogP contribution in [0.5, 0.6) is 0 Å². The largest absolute Gasteiger partial charge is 0.321 e. The SMILES string of the molecule is C=CSP(C)(=O)OCC. The van der Waals surface area contributed by atoms with Crippen LogP contribution in [-0.2, 0) is 9.09 Å². The first-order valence-corrected chi connectivity index (χ1v) is 6.19.